The third-order valence-corrected chi connectivity index (χ3v) is 4.48. The first kappa shape index (κ1) is 14.2. The summed E-state index contributed by atoms with van der Waals surface area (Å²) in [5.41, 5.74) is 0.821. The van der Waals surface area contributed by atoms with Gasteiger partial charge in [-0.05, 0) is 24.5 Å². The Balaban J connectivity index is 2.15. The van der Waals surface area contributed by atoms with Gasteiger partial charge >= 0.3 is 5.97 Å². The molecule has 1 aromatic rings. The number of rotatable bonds is 4. The Morgan fingerprint density at radius 1 is 1.29 bits per heavy atom. The molecule has 1 aliphatic heterocycles. The van der Waals surface area contributed by atoms with Crippen molar-refractivity contribution >= 4 is 5.97 Å². The van der Waals surface area contributed by atoms with E-state index in [0.29, 0.717) is 44.2 Å². The molecule has 1 aromatic carbocycles. The molecule has 0 amide bonds. The number of hydrogen-bond acceptors (Lipinski definition) is 4. The number of carboxylic acid groups (broad SMARTS) is 1. The second-order valence-electron chi connectivity index (χ2n) is 5.64. The van der Waals surface area contributed by atoms with Gasteiger partial charge in [-0.25, -0.2) is 0 Å². The summed E-state index contributed by atoms with van der Waals surface area (Å²) in [4.78, 5) is 11.9. The molecule has 1 aliphatic carbocycles. The molecule has 2 aliphatic rings. The summed E-state index contributed by atoms with van der Waals surface area (Å²) in [7, 11) is 1.61. The molecule has 0 radical (unpaired) electrons. The molecular weight excluding hydrogens is 272 g/mol. The maximum Gasteiger partial charge on any atom is 0.314 e. The van der Waals surface area contributed by atoms with Crippen molar-refractivity contribution in [1.29, 1.82) is 0 Å². The van der Waals surface area contributed by atoms with E-state index in [4.69, 9.17) is 14.2 Å². The molecule has 1 fully saturated rings. The minimum Gasteiger partial charge on any atom is -0.486 e. The number of carboxylic acids is 1. The maximum atomic E-state index is 11.9. The van der Waals surface area contributed by atoms with E-state index in [2.05, 4.69) is 0 Å². The van der Waals surface area contributed by atoms with Gasteiger partial charge in [0, 0.05) is 12.7 Å². The molecule has 1 N–H and O–H groups in total. The summed E-state index contributed by atoms with van der Waals surface area (Å²) in [6, 6.07) is 3.70. The highest BCUT2D eigenvalue weighted by atomic mass is 16.6. The largest absolute Gasteiger partial charge is 0.486 e. The minimum absolute atomic E-state index is 0.330. The van der Waals surface area contributed by atoms with Gasteiger partial charge in [-0.3, -0.25) is 4.79 Å². The first-order chi connectivity index (χ1) is 10.2. The topological polar surface area (TPSA) is 65.0 Å². The Hall–Kier alpha value is -1.75. The zero-order valence-corrected chi connectivity index (χ0v) is 12.2. The fourth-order valence-electron chi connectivity index (χ4n) is 3.49. The highest BCUT2D eigenvalue weighted by Gasteiger charge is 2.45. The Morgan fingerprint density at radius 3 is 2.67 bits per heavy atom. The molecule has 1 saturated carbocycles. The summed E-state index contributed by atoms with van der Waals surface area (Å²) >= 11 is 0. The van der Waals surface area contributed by atoms with E-state index in [1.54, 1.807) is 7.11 Å². The van der Waals surface area contributed by atoms with Crippen LogP contribution in [0.4, 0.5) is 0 Å². The van der Waals surface area contributed by atoms with E-state index >= 15 is 0 Å². The van der Waals surface area contributed by atoms with Gasteiger partial charge in [-0.15, -0.1) is 0 Å². The fraction of sp³-hybridized carbons (Fsp3) is 0.562. The molecular formula is C16H20O5. The predicted molar refractivity (Wildman–Crippen MR) is 75.9 cm³/mol. The van der Waals surface area contributed by atoms with Crippen molar-refractivity contribution in [2.45, 2.75) is 37.7 Å². The van der Waals surface area contributed by atoms with Crippen LogP contribution in [0.15, 0.2) is 12.1 Å². The number of hydrogen-bond donors (Lipinski definition) is 1. The number of benzene rings is 1. The average Bonchev–Trinajstić information content (AvgIpc) is 2.98. The molecule has 0 aromatic heterocycles. The molecule has 5 nitrogen and oxygen atoms in total. The first-order valence-corrected chi connectivity index (χ1v) is 7.33. The Bertz CT molecular complexity index is 546. The van der Waals surface area contributed by atoms with Gasteiger partial charge in [0.2, 0.25) is 0 Å². The Morgan fingerprint density at radius 2 is 2.00 bits per heavy atom. The second kappa shape index (κ2) is 5.56. The van der Waals surface area contributed by atoms with Crippen LogP contribution < -0.4 is 9.47 Å². The predicted octanol–water partition coefficient (Wildman–Crippen LogP) is 2.50. The second-order valence-corrected chi connectivity index (χ2v) is 5.64. The van der Waals surface area contributed by atoms with Gasteiger partial charge in [0.15, 0.2) is 11.5 Å². The van der Waals surface area contributed by atoms with Crippen LogP contribution in [0, 0.1) is 0 Å². The molecule has 0 atom stereocenters. The third kappa shape index (κ3) is 2.25. The zero-order valence-electron chi connectivity index (χ0n) is 12.2. The minimum atomic E-state index is -0.816. The van der Waals surface area contributed by atoms with Crippen molar-refractivity contribution in [2.24, 2.45) is 0 Å². The summed E-state index contributed by atoms with van der Waals surface area (Å²) < 4.78 is 16.6. The van der Waals surface area contributed by atoms with Crippen molar-refractivity contribution in [2.75, 3.05) is 20.3 Å². The zero-order chi connectivity index (χ0) is 14.9. The molecule has 0 saturated heterocycles. The molecule has 114 valence electrons. The van der Waals surface area contributed by atoms with E-state index in [1.807, 2.05) is 12.1 Å². The number of methoxy groups -OCH3 is 1. The molecule has 1 heterocycles. The number of fused-ring (bicyclic) bond motifs is 1. The van der Waals surface area contributed by atoms with Gasteiger partial charge < -0.3 is 19.3 Å². The highest BCUT2D eigenvalue weighted by Crippen LogP contribution is 2.47. The van der Waals surface area contributed by atoms with E-state index in [0.717, 1.165) is 24.0 Å². The summed E-state index contributed by atoms with van der Waals surface area (Å²) in [5.74, 6) is 0.567. The quantitative estimate of drug-likeness (QED) is 0.923. The van der Waals surface area contributed by atoms with Crippen molar-refractivity contribution in [1.82, 2.24) is 0 Å². The number of aliphatic carboxylic acids is 1. The van der Waals surface area contributed by atoms with E-state index in [-0.39, 0.29) is 0 Å². The van der Waals surface area contributed by atoms with Crippen molar-refractivity contribution in [3.63, 3.8) is 0 Å². The number of ether oxygens (including phenoxy) is 3. The van der Waals surface area contributed by atoms with Gasteiger partial charge in [0.05, 0.1) is 12.0 Å². The summed E-state index contributed by atoms with van der Waals surface area (Å²) in [6.45, 7) is 1.33. The Labute approximate surface area is 123 Å². The summed E-state index contributed by atoms with van der Waals surface area (Å²) in [6.07, 6.45) is 3.21. The lowest BCUT2D eigenvalue weighted by molar-refractivity contribution is -0.143. The van der Waals surface area contributed by atoms with Crippen molar-refractivity contribution in [3.8, 4) is 11.5 Å². The van der Waals surface area contributed by atoms with Crippen LogP contribution in [-0.4, -0.2) is 31.4 Å². The lowest BCUT2D eigenvalue weighted by atomic mass is 9.76. The van der Waals surface area contributed by atoms with Gasteiger partial charge in [0.1, 0.15) is 13.2 Å². The van der Waals surface area contributed by atoms with Crippen LogP contribution in [0.25, 0.3) is 0 Å². The van der Waals surface area contributed by atoms with Crippen molar-refractivity contribution in [3.05, 3.63) is 23.3 Å². The van der Waals surface area contributed by atoms with Crippen LogP contribution in [0.2, 0.25) is 0 Å². The Kier molecular flexibility index (Phi) is 3.76. The average molecular weight is 292 g/mol. The molecule has 21 heavy (non-hydrogen) atoms. The lowest BCUT2D eigenvalue weighted by Gasteiger charge is -2.30. The molecule has 3 rings (SSSR count). The molecule has 0 spiro atoms. The normalized spacial score (nSPS) is 19.5. The highest BCUT2D eigenvalue weighted by molar-refractivity contribution is 5.83. The standard InChI is InChI=1S/C16H20O5/c1-19-10-11-12(16(15(17)18)6-2-3-7-16)4-5-13-14(11)21-9-8-20-13/h4-5H,2-3,6-10H2,1H3,(H,17,18). The summed E-state index contributed by atoms with van der Waals surface area (Å²) in [5, 5.41) is 9.80. The van der Waals surface area contributed by atoms with Gasteiger partial charge in [-0.1, -0.05) is 18.9 Å². The van der Waals surface area contributed by atoms with Crippen LogP contribution in [-0.2, 0) is 21.6 Å². The fourth-order valence-corrected chi connectivity index (χ4v) is 3.49. The SMILES string of the molecule is COCc1c(C2(C(=O)O)CCCC2)ccc2c1OCCO2. The number of carbonyl (C=O) groups is 1. The maximum absolute atomic E-state index is 11.9. The molecule has 5 heteroatoms. The lowest BCUT2D eigenvalue weighted by Crippen LogP contribution is -2.34. The molecule has 0 bridgehead atoms. The third-order valence-electron chi connectivity index (χ3n) is 4.48. The monoisotopic (exact) mass is 292 g/mol. The van der Waals surface area contributed by atoms with Crippen LogP contribution >= 0.6 is 0 Å². The first-order valence-electron chi connectivity index (χ1n) is 7.33. The van der Waals surface area contributed by atoms with E-state index in [9.17, 15) is 9.90 Å². The molecule has 0 unspecified atom stereocenters. The van der Waals surface area contributed by atoms with E-state index < -0.39 is 11.4 Å². The van der Waals surface area contributed by atoms with Crippen LogP contribution in [0.1, 0.15) is 36.8 Å². The van der Waals surface area contributed by atoms with E-state index in [1.165, 1.54) is 0 Å². The van der Waals surface area contributed by atoms with Gasteiger partial charge in [0.25, 0.3) is 0 Å². The van der Waals surface area contributed by atoms with Crippen LogP contribution in [0.5, 0.6) is 11.5 Å². The van der Waals surface area contributed by atoms with Gasteiger partial charge in [-0.2, -0.15) is 0 Å². The smallest absolute Gasteiger partial charge is 0.314 e. The van der Waals surface area contributed by atoms with Crippen molar-refractivity contribution < 1.29 is 24.1 Å². The van der Waals surface area contributed by atoms with Crippen LogP contribution in [0.3, 0.4) is 0 Å².